The van der Waals surface area contributed by atoms with Crippen molar-refractivity contribution in [2.24, 2.45) is 0 Å². The molecule has 0 fully saturated rings. The molecule has 18 heavy (non-hydrogen) atoms. The summed E-state index contributed by atoms with van der Waals surface area (Å²) in [5, 5.41) is 20.3. The minimum atomic E-state index is 0.803. The number of rotatable bonds is 0. The number of nitrogens with zero attached hydrogens (tertiary/aromatic N) is 6. The third-order valence-electron chi connectivity index (χ3n) is 2.24. The first kappa shape index (κ1) is 10.3. The van der Waals surface area contributed by atoms with Crippen LogP contribution in [0.3, 0.4) is 0 Å². The molecule has 4 heterocycles. The number of fused-ring (bicyclic) bond motifs is 2. The van der Waals surface area contributed by atoms with Gasteiger partial charge in [0, 0.05) is 12.4 Å². The van der Waals surface area contributed by atoms with Gasteiger partial charge in [0.15, 0.2) is 0 Å². The zero-order valence-electron chi connectivity index (χ0n) is 9.15. The molecule has 0 amide bonds. The normalized spacial score (nSPS) is 10.2. The summed E-state index contributed by atoms with van der Waals surface area (Å²) < 4.78 is 0. The summed E-state index contributed by atoms with van der Waals surface area (Å²) in [6.07, 6.45) is 6.70. The van der Waals surface area contributed by atoms with Crippen LogP contribution < -0.4 is 0 Å². The van der Waals surface area contributed by atoms with E-state index < -0.39 is 0 Å². The highest BCUT2D eigenvalue weighted by Gasteiger charge is 1.92. The SMILES string of the molecule is c1cc2n[nH]nc2cn1.c1cc2n[nH]nc2cn1. The van der Waals surface area contributed by atoms with Crippen LogP contribution in [-0.4, -0.2) is 40.8 Å². The lowest BCUT2D eigenvalue weighted by atomic mass is 10.4. The summed E-state index contributed by atoms with van der Waals surface area (Å²) in [5.41, 5.74) is 3.31. The van der Waals surface area contributed by atoms with Gasteiger partial charge < -0.3 is 0 Å². The van der Waals surface area contributed by atoms with Crippen molar-refractivity contribution < 1.29 is 0 Å². The van der Waals surface area contributed by atoms with E-state index in [4.69, 9.17) is 0 Å². The molecule has 0 aromatic carbocycles. The van der Waals surface area contributed by atoms with Crippen molar-refractivity contribution in [1.29, 1.82) is 0 Å². The number of hydrogen-bond donors (Lipinski definition) is 2. The third kappa shape index (κ3) is 1.98. The van der Waals surface area contributed by atoms with Gasteiger partial charge in [-0.3, -0.25) is 9.97 Å². The fraction of sp³-hybridized carbons (Fsp3) is 0. The fourth-order valence-electron chi connectivity index (χ4n) is 1.38. The summed E-state index contributed by atoms with van der Waals surface area (Å²) in [6.45, 7) is 0. The second kappa shape index (κ2) is 4.53. The van der Waals surface area contributed by atoms with E-state index in [1.807, 2.05) is 0 Å². The van der Waals surface area contributed by atoms with Crippen LogP contribution in [0, 0.1) is 0 Å². The van der Waals surface area contributed by atoms with E-state index in [9.17, 15) is 0 Å². The molecule has 0 spiro atoms. The predicted molar refractivity (Wildman–Crippen MR) is 63.4 cm³/mol. The standard InChI is InChI=1S/2C5H4N4/c2*1-2-6-3-5-4(1)7-9-8-5/h2*1-3H,(H,7,8,9). The highest BCUT2D eigenvalue weighted by molar-refractivity contribution is 5.71. The van der Waals surface area contributed by atoms with Crippen molar-refractivity contribution in [1.82, 2.24) is 40.8 Å². The van der Waals surface area contributed by atoms with Gasteiger partial charge in [-0.1, -0.05) is 0 Å². The average Bonchev–Trinajstić information content (AvgIpc) is 3.08. The molecule has 4 aromatic rings. The lowest BCUT2D eigenvalue weighted by Crippen LogP contribution is -1.69. The molecular formula is C10H8N8. The van der Waals surface area contributed by atoms with Crippen LogP contribution >= 0.6 is 0 Å². The number of pyridine rings is 2. The Bertz CT molecular complexity index is 632. The Morgan fingerprint density at radius 3 is 1.50 bits per heavy atom. The molecular weight excluding hydrogens is 232 g/mol. The van der Waals surface area contributed by atoms with Gasteiger partial charge in [-0.25, -0.2) is 0 Å². The summed E-state index contributed by atoms with van der Waals surface area (Å²) in [6, 6.07) is 3.61. The average molecular weight is 240 g/mol. The third-order valence-corrected chi connectivity index (χ3v) is 2.24. The molecule has 8 nitrogen and oxygen atoms in total. The molecule has 88 valence electrons. The van der Waals surface area contributed by atoms with Crippen molar-refractivity contribution in [3.8, 4) is 0 Å². The quantitative estimate of drug-likeness (QED) is 0.468. The Kier molecular flexibility index (Phi) is 2.59. The lowest BCUT2D eigenvalue weighted by Gasteiger charge is -1.77. The maximum Gasteiger partial charge on any atom is 0.131 e. The lowest BCUT2D eigenvalue weighted by molar-refractivity contribution is 0.959. The molecule has 0 saturated carbocycles. The predicted octanol–water partition coefficient (Wildman–Crippen LogP) is 0.706. The van der Waals surface area contributed by atoms with Crippen molar-refractivity contribution in [3.63, 3.8) is 0 Å². The summed E-state index contributed by atoms with van der Waals surface area (Å²) in [5.74, 6) is 0. The number of aromatic amines is 2. The van der Waals surface area contributed by atoms with Crippen LogP contribution in [0.2, 0.25) is 0 Å². The van der Waals surface area contributed by atoms with E-state index in [1.54, 1.807) is 36.9 Å². The maximum atomic E-state index is 3.86. The Balaban J connectivity index is 0.000000111. The van der Waals surface area contributed by atoms with Crippen LogP contribution in [0.15, 0.2) is 36.9 Å². The molecule has 8 heteroatoms. The van der Waals surface area contributed by atoms with E-state index in [0.717, 1.165) is 22.1 Å². The molecule has 0 bridgehead atoms. The number of nitrogens with one attached hydrogen (secondary N) is 2. The number of H-pyrrole nitrogens is 2. The Labute approximate surface area is 100 Å². The van der Waals surface area contributed by atoms with Gasteiger partial charge in [-0.2, -0.15) is 30.8 Å². The fourth-order valence-corrected chi connectivity index (χ4v) is 1.38. The molecule has 0 aliphatic carbocycles. The summed E-state index contributed by atoms with van der Waals surface area (Å²) >= 11 is 0. The van der Waals surface area contributed by atoms with Crippen LogP contribution in [0.25, 0.3) is 22.1 Å². The van der Waals surface area contributed by atoms with E-state index in [1.165, 1.54) is 0 Å². The van der Waals surface area contributed by atoms with E-state index in [-0.39, 0.29) is 0 Å². The largest absolute Gasteiger partial charge is 0.262 e. The maximum absolute atomic E-state index is 3.86. The molecule has 0 aliphatic heterocycles. The van der Waals surface area contributed by atoms with E-state index in [0.29, 0.717) is 0 Å². The number of hydrogen-bond acceptors (Lipinski definition) is 6. The Morgan fingerprint density at radius 1 is 0.611 bits per heavy atom. The van der Waals surface area contributed by atoms with Gasteiger partial charge in [0.1, 0.15) is 22.1 Å². The van der Waals surface area contributed by atoms with Gasteiger partial charge >= 0.3 is 0 Å². The molecule has 4 aromatic heterocycles. The number of aromatic nitrogens is 8. The first-order valence-electron chi connectivity index (χ1n) is 5.14. The zero-order chi connectivity index (χ0) is 12.2. The Hall–Kier alpha value is -2.90. The minimum Gasteiger partial charge on any atom is -0.262 e. The van der Waals surface area contributed by atoms with Crippen LogP contribution in [0.5, 0.6) is 0 Å². The van der Waals surface area contributed by atoms with Gasteiger partial charge in [0.25, 0.3) is 0 Å². The highest BCUT2D eigenvalue weighted by atomic mass is 15.3. The zero-order valence-corrected chi connectivity index (χ0v) is 9.15. The first-order chi connectivity index (χ1) is 8.93. The molecule has 2 N–H and O–H groups in total. The Morgan fingerprint density at radius 2 is 1.06 bits per heavy atom. The van der Waals surface area contributed by atoms with Crippen molar-refractivity contribution in [2.75, 3.05) is 0 Å². The van der Waals surface area contributed by atoms with E-state index >= 15 is 0 Å². The summed E-state index contributed by atoms with van der Waals surface area (Å²) in [4.78, 5) is 7.73. The van der Waals surface area contributed by atoms with Crippen LogP contribution in [0.1, 0.15) is 0 Å². The molecule has 0 unspecified atom stereocenters. The first-order valence-corrected chi connectivity index (χ1v) is 5.14. The molecule has 0 saturated heterocycles. The molecule has 0 atom stereocenters. The molecule has 0 radical (unpaired) electrons. The van der Waals surface area contributed by atoms with Crippen molar-refractivity contribution >= 4 is 22.1 Å². The second-order valence-electron chi connectivity index (χ2n) is 3.38. The van der Waals surface area contributed by atoms with Crippen LogP contribution in [-0.2, 0) is 0 Å². The second-order valence-corrected chi connectivity index (χ2v) is 3.38. The van der Waals surface area contributed by atoms with Gasteiger partial charge in [0.05, 0.1) is 12.4 Å². The highest BCUT2D eigenvalue weighted by Crippen LogP contribution is 2.01. The van der Waals surface area contributed by atoms with Crippen molar-refractivity contribution in [2.45, 2.75) is 0 Å². The van der Waals surface area contributed by atoms with E-state index in [2.05, 4.69) is 40.8 Å². The smallest absolute Gasteiger partial charge is 0.131 e. The van der Waals surface area contributed by atoms with Gasteiger partial charge in [-0.05, 0) is 12.1 Å². The topological polar surface area (TPSA) is 109 Å². The monoisotopic (exact) mass is 240 g/mol. The minimum absolute atomic E-state index is 0.803. The summed E-state index contributed by atoms with van der Waals surface area (Å²) in [7, 11) is 0. The molecule has 0 aliphatic rings. The van der Waals surface area contributed by atoms with Gasteiger partial charge in [-0.15, -0.1) is 0 Å². The molecule has 4 rings (SSSR count). The van der Waals surface area contributed by atoms with Gasteiger partial charge in [0.2, 0.25) is 0 Å². The van der Waals surface area contributed by atoms with Crippen molar-refractivity contribution in [3.05, 3.63) is 36.9 Å². The van der Waals surface area contributed by atoms with Crippen LogP contribution in [0.4, 0.5) is 0 Å².